The number of benzene rings is 1. The van der Waals surface area contributed by atoms with E-state index in [1.54, 1.807) is 36.0 Å². The molecule has 4 heterocycles. The Hall–Kier alpha value is -3.38. The second-order valence-electron chi connectivity index (χ2n) is 10.0. The van der Waals surface area contributed by atoms with Gasteiger partial charge in [-0.15, -0.1) is 0 Å². The summed E-state index contributed by atoms with van der Waals surface area (Å²) in [7, 11) is 0. The van der Waals surface area contributed by atoms with Crippen LogP contribution in [0.3, 0.4) is 0 Å². The van der Waals surface area contributed by atoms with Crippen molar-refractivity contribution in [3.8, 4) is 5.69 Å². The molecule has 0 atom stereocenters. The third-order valence-corrected chi connectivity index (χ3v) is 7.33. The number of anilines is 2. The van der Waals surface area contributed by atoms with Crippen LogP contribution < -0.4 is 10.2 Å². The smallest absolute Gasteiger partial charge is 0.338 e. The summed E-state index contributed by atoms with van der Waals surface area (Å²) < 4.78 is 34.2. The number of fused-ring (bicyclic) bond motifs is 1. The number of likely N-dealkylation sites (tertiary alicyclic amines) is 1. The number of carbonyl (C=O) groups is 1. The lowest BCUT2D eigenvalue weighted by molar-refractivity contribution is 0.00600. The number of nitrogens with one attached hydrogen (secondary N) is 1. The number of aromatic nitrogens is 4. The van der Waals surface area contributed by atoms with E-state index in [2.05, 4.69) is 15.3 Å². The molecule has 2 aromatic heterocycles. The molecule has 0 unspecified atom stereocenters. The van der Waals surface area contributed by atoms with Crippen molar-refractivity contribution in [3.05, 3.63) is 36.0 Å². The number of carbonyl (C=O) groups excluding carboxylic acids is 1. The number of nitrogens with zero attached hydrogens (tertiary/aromatic N) is 6. The molecule has 0 amide bonds. The van der Waals surface area contributed by atoms with Gasteiger partial charge in [-0.25, -0.2) is 18.3 Å². The third-order valence-electron chi connectivity index (χ3n) is 7.33. The molecule has 6 rings (SSSR count). The maximum atomic E-state index is 13.7. The molecule has 3 aromatic rings. The molecule has 0 radical (unpaired) electrons. The van der Waals surface area contributed by atoms with E-state index in [9.17, 15) is 18.7 Å². The highest BCUT2D eigenvalue weighted by Crippen LogP contribution is 2.35. The Morgan fingerprint density at radius 3 is 2.78 bits per heavy atom. The minimum absolute atomic E-state index is 0.0490. The fraction of sp³-hybridized carbons (Fsp3) is 0.520. The summed E-state index contributed by atoms with van der Waals surface area (Å²) in [4.78, 5) is 25.7. The molecule has 196 valence electrons. The van der Waals surface area contributed by atoms with E-state index in [4.69, 9.17) is 14.7 Å². The molecule has 2 N–H and O–H groups in total. The zero-order chi connectivity index (χ0) is 25.7. The van der Waals surface area contributed by atoms with Gasteiger partial charge >= 0.3 is 5.97 Å². The van der Waals surface area contributed by atoms with Crippen molar-refractivity contribution in [3.63, 3.8) is 0 Å². The number of aliphatic hydroxyl groups is 1. The number of rotatable bonds is 7. The van der Waals surface area contributed by atoms with Crippen LogP contribution in [0.25, 0.3) is 16.7 Å². The molecule has 0 spiro atoms. The topological polar surface area (TPSA) is 109 Å². The maximum absolute atomic E-state index is 13.7. The molecule has 1 saturated carbocycles. The number of hydrogen-bond donors (Lipinski definition) is 2. The van der Waals surface area contributed by atoms with Crippen LogP contribution in [0, 0.1) is 0 Å². The van der Waals surface area contributed by atoms with Crippen LogP contribution in [0.15, 0.2) is 30.5 Å². The SMILES string of the molecule is CCOC(=O)c1cccc(-n2ncc3c(N4CC(N5CCC(F)(F)C5)C4)nc(NC4CC(O)C4)nc32)c1. The van der Waals surface area contributed by atoms with Gasteiger partial charge in [0.15, 0.2) is 5.65 Å². The molecule has 2 aliphatic heterocycles. The van der Waals surface area contributed by atoms with Crippen LogP contribution >= 0.6 is 0 Å². The Balaban J connectivity index is 1.32. The summed E-state index contributed by atoms with van der Waals surface area (Å²) in [6.45, 7) is 3.42. The zero-order valence-corrected chi connectivity index (χ0v) is 20.5. The van der Waals surface area contributed by atoms with Gasteiger partial charge in [-0.3, -0.25) is 4.90 Å². The van der Waals surface area contributed by atoms with Crippen molar-refractivity contribution in [2.75, 3.05) is 43.0 Å². The van der Waals surface area contributed by atoms with E-state index in [0.29, 0.717) is 61.1 Å². The average Bonchev–Trinajstić information content (AvgIpc) is 3.40. The van der Waals surface area contributed by atoms with Crippen molar-refractivity contribution >= 4 is 28.8 Å². The Bertz CT molecular complexity index is 1320. The Kier molecular flexibility index (Phi) is 5.95. The number of ether oxygens (including phenoxy) is 1. The van der Waals surface area contributed by atoms with E-state index in [1.165, 1.54) is 0 Å². The third kappa shape index (κ3) is 4.59. The summed E-state index contributed by atoms with van der Waals surface area (Å²) in [5.74, 6) is -1.94. The molecule has 10 nitrogen and oxygen atoms in total. The fourth-order valence-corrected chi connectivity index (χ4v) is 5.19. The lowest BCUT2D eigenvalue weighted by atomic mass is 9.90. The normalized spacial score (nSPS) is 23.6. The number of halogens is 2. The largest absolute Gasteiger partial charge is 0.462 e. The molecular formula is C25H29F2N7O3. The van der Waals surface area contributed by atoms with Crippen LogP contribution in [-0.2, 0) is 4.74 Å². The number of esters is 1. The molecule has 1 aromatic carbocycles. The van der Waals surface area contributed by atoms with E-state index >= 15 is 0 Å². The van der Waals surface area contributed by atoms with Crippen LogP contribution in [-0.4, -0.2) is 92.6 Å². The van der Waals surface area contributed by atoms with Gasteiger partial charge < -0.3 is 20.1 Å². The van der Waals surface area contributed by atoms with E-state index in [0.717, 1.165) is 5.39 Å². The average molecular weight is 514 g/mol. The molecule has 3 aliphatic rings. The highest BCUT2D eigenvalue weighted by atomic mass is 19.3. The second-order valence-corrected chi connectivity index (χ2v) is 10.0. The molecule has 2 saturated heterocycles. The number of hydrogen-bond acceptors (Lipinski definition) is 9. The quantitative estimate of drug-likeness (QED) is 0.461. The molecule has 0 bridgehead atoms. The lowest BCUT2D eigenvalue weighted by Crippen LogP contribution is -2.59. The van der Waals surface area contributed by atoms with Gasteiger partial charge in [-0.2, -0.15) is 15.1 Å². The lowest BCUT2D eigenvalue weighted by Gasteiger charge is -2.44. The summed E-state index contributed by atoms with van der Waals surface area (Å²) in [5.41, 5.74) is 1.62. The summed E-state index contributed by atoms with van der Waals surface area (Å²) >= 11 is 0. The summed E-state index contributed by atoms with van der Waals surface area (Å²) in [6, 6.07) is 7.10. The summed E-state index contributed by atoms with van der Waals surface area (Å²) in [5, 5.41) is 18.3. The Morgan fingerprint density at radius 2 is 2.08 bits per heavy atom. The first kappa shape index (κ1) is 24.0. The standard InChI is InChI=1S/C25H29F2N7O3/c1-2-37-23(36)15-4-3-5-17(8-15)34-22-20(11-28-34)21(30-24(31-22)29-16-9-19(35)10-16)33-12-18(13-33)32-7-6-25(26,27)14-32/h3-5,8,11,16,18-19,35H,2,6-7,9-10,12-14H2,1H3,(H,29,30,31). The van der Waals surface area contributed by atoms with Gasteiger partial charge in [-0.1, -0.05) is 6.07 Å². The van der Waals surface area contributed by atoms with Crippen LogP contribution in [0.4, 0.5) is 20.5 Å². The number of aliphatic hydroxyl groups excluding tert-OH is 1. The molecule has 12 heteroatoms. The predicted molar refractivity (Wildman–Crippen MR) is 132 cm³/mol. The van der Waals surface area contributed by atoms with Gasteiger partial charge in [0, 0.05) is 38.1 Å². The second kappa shape index (κ2) is 9.18. The van der Waals surface area contributed by atoms with Gasteiger partial charge in [0.2, 0.25) is 5.95 Å². The highest BCUT2D eigenvalue weighted by molar-refractivity contribution is 5.91. The van der Waals surface area contributed by atoms with Crippen molar-refractivity contribution in [1.29, 1.82) is 0 Å². The van der Waals surface area contributed by atoms with Crippen LogP contribution in [0.5, 0.6) is 0 Å². The van der Waals surface area contributed by atoms with Crippen LogP contribution in [0.1, 0.15) is 36.5 Å². The van der Waals surface area contributed by atoms with E-state index in [1.807, 2.05) is 11.0 Å². The minimum Gasteiger partial charge on any atom is -0.462 e. The Labute approximate surface area is 212 Å². The summed E-state index contributed by atoms with van der Waals surface area (Å²) in [6.07, 6.45) is 2.50. The first-order valence-corrected chi connectivity index (χ1v) is 12.6. The van der Waals surface area contributed by atoms with E-state index in [-0.39, 0.29) is 37.8 Å². The van der Waals surface area contributed by atoms with Gasteiger partial charge in [0.25, 0.3) is 5.92 Å². The van der Waals surface area contributed by atoms with E-state index < -0.39 is 11.9 Å². The number of alkyl halides is 2. The molecule has 1 aliphatic carbocycles. The Morgan fingerprint density at radius 1 is 1.27 bits per heavy atom. The molecular weight excluding hydrogens is 484 g/mol. The van der Waals surface area contributed by atoms with Crippen molar-refractivity contribution in [1.82, 2.24) is 24.6 Å². The highest BCUT2D eigenvalue weighted by Gasteiger charge is 2.44. The molecule has 37 heavy (non-hydrogen) atoms. The minimum atomic E-state index is -2.62. The first-order valence-electron chi connectivity index (χ1n) is 12.6. The van der Waals surface area contributed by atoms with Gasteiger partial charge in [0.05, 0.1) is 42.1 Å². The predicted octanol–water partition coefficient (Wildman–Crippen LogP) is 2.46. The molecule has 3 fully saturated rings. The maximum Gasteiger partial charge on any atom is 0.338 e. The zero-order valence-electron chi connectivity index (χ0n) is 20.5. The monoisotopic (exact) mass is 513 g/mol. The van der Waals surface area contributed by atoms with Crippen molar-refractivity contribution in [2.24, 2.45) is 0 Å². The first-order chi connectivity index (χ1) is 17.8. The van der Waals surface area contributed by atoms with Crippen LogP contribution in [0.2, 0.25) is 0 Å². The van der Waals surface area contributed by atoms with Crippen molar-refractivity contribution < 1.29 is 23.4 Å². The van der Waals surface area contributed by atoms with Crippen molar-refractivity contribution in [2.45, 2.75) is 50.3 Å². The van der Waals surface area contributed by atoms with Gasteiger partial charge in [-0.05, 0) is 38.0 Å². The van der Waals surface area contributed by atoms with Gasteiger partial charge in [0.1, 0.15) is 5.82 Å². The fourth-order valence-electron chi connectivity index (χ4n) is 5.19.